The van der Waals surface area contributed by atoms with Crippen molar-refractivity contribution in [2.75, 3.05) is 44.8 Å². The normalized spacial score (nSPS) is 17.9. The molecule has 5 nitrogen and oxygen atoms in total. The van der Waals surface area contributed by atoms with Gasteiger partial charge in [0.25, 0.3) is 0 Å². The van der Waals surface area contributed by atoms with E-state index in [1.165, 1.54) is 0 Å². The van der Waals surface area contributed by atoms with Crippen molar-refractivity contribution in [1.82, 2.24) is 4.90 Å². The molecule has 1 saturated heterocycles. The number of rotatable bonds is 9. The minimum absolute atomic E-state index is 0.0794. The summed E-state index contributed by atoms with van der Waals surface area (Å²) >= 11 is 0. The lowest BCUT2D eigenvalue weighted by molar-refractivity contribution is -0.0154. The van der Waals surface area contributed by atoms with Crippen LogP contribution in [0.15, 0.2) is 36.9 Å². The number of carbonyl (C=O) groups excluding carboxylic acids is 1. The van der Waals surface area contributed by atoms with Gasteiger partial charge >= 0.3 is 0 Å². The summed E-state index contributed by atoms with van der Waals surface area (Å²) in [6.07, 6.45) is 3.21. The third-order valence-corrected chi connectivity index (χ3v) is 4.69. The molecule has 1 aliphatic heterocycles. The molecule has 0 amide bonds. The Labute approximate surface area is 144 Å². The molecular weight excluding hydrogens is 304 g/mol. The van der Waals surface area contributed by atoms with Crippen molar-refractivity contribution < 1.29 is 14.6 Å². The molecule has 0 aliphatic carbocycles. The minimum atomic E-state index is -0.550. The molecule has 1 aromatic rings. The molecule has 1 heterocycles. The number of ketones is 1. The Morgan fingerprint density at radius 2 is 2.04 bits per heavy atom. The van der Waals surface area contributed by atoms with Crippen LogP contribution in [0.25, 0.3) is 0 Å². The standard InChI is InChI=1S/C19H28N2O3/c1-3-9-19(4-2,21-11-14-24-15-12-21)18(23)16-5-7-17(8-6-16)20-10-13-22/h3,5-8,20,22H,1,4,9-15H2,2H3. The molecule has 2 N–H and O–H groups in total. The first-order valence-corrected chi connectivity index (χ1v) is 8.61. The summed E-state index contributed by atoms with van der Waals surface area (Å²) in [6, 6.07) is 7.49. The Kier molecular flexibility index (Phi) is 6.97. The molecule has 1 unspecified atom stereocenters. The SMILES string of the molecule is C=CCC(CC)(C(=O)c1ccc(NCCO)cc1)N1CCOCC1. The molecular formula is C19H28N2O3. The van der Waals surface area contributed by atoms with E-state index >= 15 is 0 Å². The molecule has 24 heavy (non-hydrogen) atoms. The molecule has 5 heteroatoms. The van der Waals surface area contributed by atoms with Crippen LogP contribution in [-0.2, 0) is 4.74 Å². The lowest BCUT2D eigenvalue weighted by Gasteiger charge is -2.43. The number of aliphatic hydroxyl groups is 1. The molecule has 1 atom stereocenters. The van der Waals surface area contributed by atoms with Crippen molar-refractivity contribution in [2.45, 2.75) is 25.3 Å². The van der Waals surface area contributed by atoms with Gasteiger partial charge in [0, 0.05) is 30.9 Å². The number of ether oxygens (including phenoxy) is 1. The van der Waals surface area contributed by atoms with Gasteiger partial charge in [0.05, 0.1) is 25.4 Å². The van der Waals surface area contributed by atoms with Crippen LogP contribution in [0.2, 0.25) is 0 Å². The molecule has 0 saturated carbocycles. The van der Waals surface area contributed by atoms with Gasteiger partial charge in [0.15, 0.2) is 5.78 Å². The maximum absolute atomic E-state index is 13.3. The van der Waals surface area contributed by atoms with E-state index in [1.807, 2.05) is 30.3 Å². The van der Waals surface area contributed by atoms with E-state index in [1.54, 1.807) is 0 Å². The third kappa shape index (κ3) is 4.04. The Balaban J connectivity index is 2.24. The Bertz CT molecular complexity index is 538. The van der Waals surface area contributed by atoms with Gasteiger partial charge in [0.1, 0.15) is 0 Å². The van der Waals surface area contributed by atoms with Gasteiger partial charge in [-0.15, -0.1) is 6.58 Å². The fourth-order valence-electron chi connectivity index (χ4n) is 3.33. The highest BCUT2D eigenvalue weighted by molar-refractivity contribution is 6.03. The largest absolute Gasteiger partial charge is 0.395 e. The van der Waals surface area contributed by atoms with Crippen molar-refractivity contribution in [3.63, 3.8) is 0 Å². The summed E-state index contributed by atoms with van der Waals surface area (Å²) in [5.41, 5.74) is 1.06. The zero-order valence-electron chi connectivity index (χ0n) is 14.5. The summed E-state index contributed by atoms with van der Waals surface area (Å²) in [6.45, 7) is 9.37. The Morgan fingerprint density at radius 3 is 2.58 bits per heavy atom. The molecule has 2 rings (SSSR count). The number of anilines is 1. The number of benzene rings is 1. The van der Waals surface area contributed by atoms with Crippen molar-refractivity contribution in [2.24, 2.45) is 0 Å². The van der Waals surface area contributed by atoms with Gasteiger partial charge in [-0.25, -0.2) is 0 Å². The second kappa shape index (κ2) is 8.97. The second-order valence-electron chi connectivity index (χ2n) is 6.03. The van der Waals surface area contributed by atoms with Crippen LogP contribution >= 0.6 is 0 Å². The Morgan fingerprint density at radius 1 is 1.38 bits per heavy atom. The first-order chi connectivity index (χ1) is 11.7. The molecule has 0 radical (unpaired) electrons. The predicted molar refractivity (Wildman–Crippen MR) is 96.6 cm³/mol. The lowest BCUT2D eigenvalue weighted by atomic mass is 9.81. The van der Waals surface area contributed by atoms with E-state index < -0.39 is 5.54 Å². The fraction of sp³-hybridized carbons (Fsp3) is 0.526. The summed E-state index contributed by atoms with van der Waals surface area (Å²) < 4.78 is 5.45. The number of carbonyl (C=O) groups is 1. The van der Waals surface area contributed by atoms with Crippen LogP contribution in [0.5, 0.6) is 0 Å². The number of morpholine rings is 1. The van der Waals surface area contributed by atoms with Crippen molar-refractivity contribution in [3.8, 4) is 0 Å². The summed E-state index contributed by atoms with van der Waals surface area (Å²) in [7, 11) is 0. The maximum Gasteiger partial charge on any atom is 0.183 e. The van der Waals surface area contributed by atoms with Crippen LogP contribution < -0.4 is 5.32 Å². The first kappa shape index (κ1) is 18.6. The maximum atomic E-state index is 13.3. The highest BCUT2D eigenvalue weighted by atomic mass is 16.5. The van der Waals surface area contributed by atoms with Gasteiger partial charge in [-0.2, -0.15) is 0 Å². The molecule has 132 valence electrons. The molecule has 1 aromatic carbocycles. The predicted octanol–water partition coefficient (Wildman–Crippen LogP) is 2.33. The Hall–Kier alpha value is -1.69. The molecule has 0 spiro atoms. The topological polar surface area (TPSA) is 61.8 Å². The number of aliphatic hydroxyl groups excluding tert-OH is 1. The molecule has 1 fully saturated rings. The van der Waals surface area contributed by atoms with Crippen molar-refractivity contribution in [1.29, 1.82) is 0 Å². The lowest BCUT2D eigenvalue weighted by Crippen LogP contribution is -2.57. The van der Waals surface area contributed by atoms with Crippen LogP contribution in [0.3, 0.4) is 0 Å². The van der Waals surface area contributed by atoms with E-state index in [2.05, 4.69) is 23.7 Å². The minimum Gasteiger partial charge on any atom is -0.395 e. The van der Waals surface area contributed by atoms with E-state index in [0.29, 0.717) is 31.7 Å². The highest BCUT2D eigenvalue weighted by Crippen LogP contribution is 2.30. The zero-order chi connectivity index (χ0) is 17.4. The number of hydrogen-bond donors (Lipinski definition) is 2. The van der Waals surface area contributed by atoms with Gasteiger partial charge in [-0.1, -0.05) is 13.0 Å². The first-order valence-electron chi connectivity index (χ1n) is 8.61. The van der Waals surface area contributed by atoms with E-state index in [9.17, 15) is 4.79 Å². The number of nitrogens with zero attached hydrogens (tertiary/aromatic N) is 1. The summed E-state index contributed by atoms with van der Waals surface area (Å²) in [5.74, 6) is 0.139. The second-order valence-corrected chi connectivity index (χ2v) is 6.03. The van der Waals surface area contributed by atoms with Crippen LogP contribution in [-0.4, -0.2) is 60.8 Å². The van der Waals surface area contributed by atoms with E-state index in [0.717, 1.165) is 25.2 Å². The number of hydrogen-bond acceptors (Lipinski definition) is 5. The van der Waals surface area contributed by atoms with Gasteiger partial charge < -0.3 is 15.2 Å². The van der Waals surface area contributed by atoms with Crippen molar-refractivity contribution >= 4 is 11.5 Å². The molecule has 1 aliphatic rings. The van der Waals surface area contributed by atoms with Crippen LogP contribution in [0, 0.1) is 0 Å². The monoisotopic (exact) mass is 332 g/mol. The fourth-order valence-corrected chi connectivity index (χ4v) is 3.33. The third-order valence-electron chi connectivity index (χ3n) is 4.69. The highest BCUT2D eigenvalue weighted by Gasteiger charge is 2.42. The zero-order valence-corrected chi connectivity index (χ0v) is 14.5. The number of Topliss-reactive ketones (excluding diaryl/α,β-unsaturated/α-hetero) is 1. The van der Waals surface area contributed by atoms with Crippen LogP contribution in [0.4, 0.5) is 5.69 Å². The van der Waals surface area contributed by atoms with Gasteiger partial charge in [0.2, 0.25) is 0 Å². The number of nitrogens with one attached hydrogen (secondary N) is 1. The van der Waals surface area contributed by atoms with E-state index in [-0.39, 0.29) is 12.4 Å². The summed E-state index contributed by atoms with van der Waals surface area (Å²) in [5, 5.41) is 12.0. The van der Waals surface area contributed by atoms with Crippen LogP contribution in [0.1, 0.15) is 30.1 Å². The summed E-state index contributed by atoms with van der Waals surface area (Å²) in [4.78, 5) is 15.6. The molecule has 0 bridgehead atoms. The quantitative estimate of drug-likeness (QED) is 0.537. The average molecular weight is 332 g/mol. The van der Waals surface area contributed by atoms with Crippen molar-refractivity contribution in [3.05, 3.63) is 42.5 Å². The van der Waals surface area contributed by atoms with Gasteiger partial charge in [-0.3, -0.25) is 9.69 Å². The van der Waals surface area contributed by atoms with E-state index in [4.69, 9.17) is 9.84 Å². The average Bonchev–Trinajstić information content (AvgIpc) is 2.65. The smallest absolute Gasteiger partial charge is 0.183 e. The van der Waals surface area contributed by atoms with Gasteiger partial charge in [-0.05, 0) is 37.1 Å². The molecule has 0 aromatic heterocycles.